The van der Waals surface area contributed by atoms with Crippen molar-refractivity contribution in [1.82, 2.24) is 0 Å². The van der Waals surface area contributed by atoms with Crippen LogP contribution in [0.5, 0.6) is 0 Å². The van der Waals surface area contributed by atoms with Gasteiger partial charge in [0.15, 0.2) is 0 Å². The number of rotatable bonds is 1. The first-order valence-corrected chi connectivity index (χ1v) is 8.82. The monoisotopic (exact) mass is 208 g/mol. The Kier molecular flexibility index (Phi) is 3.97. The van der Waals surface area contributed by atoms with Gasteiger partial charge in [-0.2, -0.15) is 0 Å². The van der Waals surface area contributed by atoms with Gasteiger partial charge in [-0.1, -0.05) is 31.6 Å². The van der Waals surface area contributed by atoms with Crippen LogP contribution >= 0.6 is 0 Å². The Labute approximate surface area is 88.6 Å². The van der Waals surface area contributed by atoms with Gasteiger partial charge in [0.2, 0.25) is 0 Å². The molecule has 1 heterocycles. The van der Waals surface area contributed by atoms with E-state index in [-0.39, 0.29) is 12.2 Å². The second-order valence-electron chi connectivity index (χ2n) is 4.85. The molecule has 0 amide bonds. The Balaban J connectivity index is 2.51. The summed E-state index contributed by atoms with van der Waals surface area (Å²) in [6.45, 7) is 10.5. The lowest BCUT2D eigenvalue weighted by Crippen LogP contribution is -2.26. The smallest absolute Gasteiger partial charge is 0.129 e. The molecule has 0 N–H and O–H groups in total. The number of ether oxygens (including phenoxy) is 1. The Morgan fingerprint density at radius 2 is 2.07 bits per heavy atom. The van der Waals surface area contributed by atoms with E-state index in [4.69, 9.17) is 4.74 Å². The largest absolute Gasteiger partial charge is 0.358 e. The lowest BCUT2D eigenvalue weighted by atomic mass is 10.0. The lowest BCUT2D eigenvalue weighted by molar-refractivity contribution is 0.00737. The molecule has 0 radical (unpaired) electrons. The van der Waals surface area contributed by atoms with Crippen molar-refractivity contribution in [2.45, 2.75) is 51.1 Å². The first-order chi connectivity index (χ1) is 6.51. The summed E-state index contributed by atoms with van der Waals surface area (Å²) >= 11 is 0. The highest BCUT2D eigenvalue weighted by Crippen LogP contribution is 2.19. The third kappa shape index (κ3) is 4.12. The van der Waals surface area contributed by atoms with E-state index in [0.717, 1.165) is 12.8 Å². The van der Waals surface area contributed by atoms with Crippen molar-refractivity contribution < 1.29 is 4.74 Å². The second-order valence-corrected chi connectivity index (χ2v) is 9.60. The van der Waals surface area contributed by atoms with Crippen molar-refractivity contribution in [2.75, 3.05) is 0 Å². The van der Waals surface area contributed by atoms with Gasteiger partial charge in [-0.3, -0.25) is 0 Å². The maximum atomic E-state index is 5.76. The van der Waals surface area contributed by atoms with Crippen LogP contribution < -0.4 is 0 Å². The summed E-state index contributed by atoms with van der Waals surface area (Å²) in [7, 11) is -1.24. The minimum Gasteiger partial charge on any atom is -0.358 e. The average Bonchev–Trinajstić information content (AvgIpc) is 2.14. The van der Waals surface area contributed by atoms with Crippen LogP contribution in [0, 0.1) is 11.5 Å². The van der Waals surface area contributed by atoms with Crippen LogP contribution in [0.25, 0.3) is 0 Å². The molecule has 1 nitrogen and oxygen atoms in total. The minimum absolute atomic E-state index is 0.151. The quantitative estimate of drug-likeness (QED) is 0.366. The van der Waals surface area contributed by atoms with Crippen LogP contribution in [0.1, 0.15) is 19.3 Å². The minimum atomic E-state index is -1.24. The van der Waals surface area contributed by atoms with Gasteiger partial charge in [0.1, 0.15) is 14.2 Å². The zero-order valence-corrected chi connectivity index (χ0v) is 10.5. The number of hydrogen-bond donors (Lipinski definition) is 0. The molecule has 14 heavy (non-hydrogen) atoms. The molecule has 0 unspecified atom stereocenters. The van der Waals surface area contributed by atoms with Crippen LogP contribution in [0.2, 0.25) is 19.6 Å². The van der Waals surface area contributed by atoms with Gasteiger partial charge in [-0.05, 0) is 19.3 Å². The van der Waals surface area contributed by atoms with Crippen molar-refractivity contribution in [3.63, 3.8) is 0 Å². The predicted molar refractivity (Wildman–Crippen MR) is 63.8 cm³/mol. The molecular formula is C12H20OSi. The van der Waals surface area contributed by atoms with E-state index in [0.29, 0.717) is 0 Å². The Bertz CT molecular complexity index is 254. The van der Waals surface area contributed by atoms with Gasteiger partial charge in [0.05, 0.1) is 6.10 Å². The molecule has 0 aromatic heterocycles. The molecule has 2 heteroatoms. The Morgan fingerprint density at radius 3 is 2.64 bits per heavy atom. The topological polar surface area (TPSA) is 9.23 Å². The molecule has 0 aromatic rings. The fourth-order valence-electron chi connectivity index (χ4n) is 1.43. The second kappa shape index (κ2) is 4.81. The molecule has 2 atom stereocenters. The number of hydrogen-bond acceptors (Lipinski definition) is 1. The van der Waals surface area contributed by atoms with Gasteiger partial charge in [0, 0.05) is 0 Å². The highest BCUT2D eigenvalue weighted by molar-refractivity contribution is 6.83. The van der Waals surface area contributed by atoms with Crippen LogP contribution in [-0.2, 0) is 4.74 Å². The van der Waals surface area contributed by atoms with E-state index in [1.165, 1.54) is 6.42 Å². The Hall–Kier alpha value is -0.523. The lowest BCUT2D eigenvalue weighted by Gasteiger charge is -2.24. The molecule has 1 saturated heterocycles. The van der Waals surface area contributed by atoms with E-state index in [2.05, 4.69) is 37.7 Å². The fourth-order valence-corrected chi connectivity index (χ4v) is 2.02. The summed E-state index contributed by atoms with van der Waals surface area (Å²) in [6.07, 6.45) is 5.67. The van der Waals surface area contributed by atoms with Crippen LogP contribution in [-0.4, -0.2) is 20.3 Å². The molecular weight excluding hydrogens is 188 g/mol. The van der Waals surface area contributed by atoms with Crippen LogP contribution in [0.3, 0.4) is 0 Å². The van der Waals surface area contributed by atoms with Crippen molar-refractivity contribution in [1.29, 1.82) is 0 Å². The van der Waals surface area contributed by atoms with Crippen molar-refractivity contribution in [3.8, 4) is 11.5 Å². The van der Waals surface area contributed by atoms with Crippen LogP contribution in [0.15, 0.2) is 12.7 Å². The van der Waals surface area contributed by atoms with E-state index in [1.807, 2.05) is 6.08 Å². The van der Waals surface area contributed by atoms with Gasteiger partial charge >= 0.3 is 0 Å². The molecule has 1 rings (SSSR count). The predicted octanol–water partition coefficient (Wildman–Crippen LogP) is 2.99. The third-order valence-electron chi connectivity index (χ3n) is 2.17. The summed E-state index contributed by atoms with van der Waals surface area (Å²) < 4.78 is 5.76. The molecule has 0 saturated carbocycles. The summed E-state index contributed by atoms with van der Waals surface area (Å²) in [4.78, 5) is 0. The molecule has 0 aromatic carbocycles. The van der Waals surface area contributed by atoms with Gasteiger partial charge in [0.25, 0.3) is 0 Å². The summed E-state index contributed by atoms with van der Waals surface area (Å²) in [5, 5.41) is 0. The van der Waals surface area contributed by atoms with Crippen molar-refractivity contribution in [2.24, 2.45) is 0 Å². The fraction of sp³-hybridized carbons (Fsp3) is 0.667. The maximum absolute atomic E-state index is 5.76. The zero-order chi connectivity index (χ0) is 10.6. The molecule has 1 aliphatic heterocycles. The third-order valence-corrected chi connectivity index (χ3v) is 3.06. The SMILES string of the molecule is C=C[C@@H]1CCC[C@H](C#C[Si](C)(C)C)O1. The molecule has 0 bridgehead atoms. The Morgan fingerprint density at radius 1 is 1.36 bits per heavy atom. The van der Waals surface area contributed by atoms with Crippen molar-refractivity contribution in [3.05, 3.63) is 12.7 Å². The maximum Gasteiger partial charge on any atom is 0.129 e. The zero-order valence-electron chi connectivity index (χ0n) is 9.47. The van der Waals surface area contributed by atoms with Crippen molar-refractivity contribution >= 4 is 8.07 Å². The highest BCUT2D eigenvalue weighted by atomic mass is 28.3. The summed E-state index contributed by atoms with van der Waals surface area (Å²) in [5.41, 5.74) is 3.37. The standard InChI is InChI=1S/C12H20OSi/c1-5-11-7-6-8-12(13-11)9-10-14(2,3)4/h5,11-12H,1,6-8H2,2-4H3/t11-,12-/m1/s1. The summed E-state index contributed by atoms with van der Waals surface area (Å²) in [5.74, 6) is 3.27. The van der Waals surface area contributed by atoms with Gasteiger partial charge in [-0.25, -0.2) is 0 Å². The molecule has 0 spiro atoms. The van der Waals surface area contributed by atoms with Gasteiger partial charge < -0.3 is 4.74 Å². The normalized spacial score (nSPS) is 27.6. The summed E-state index contributed by atoms with van der Waals surface area (Å²) in [6, 6.07) is 0. The van der Waals surface area contributed by atoms with E-state index < -0.39 is 8.07 Å². The average molecular weight is 208 g/mol. The van der Waals surface area contributed by atoms with E-state index >= 15 is 0 Å². The van der Waals surface area contributed by atoms with E-state index in [1.54, 1.807) is 0 Å². The van der Waals surface area contributed by atoms with Crippen LogP contribution in [0.4, 0.5) is 0 Å². The first-order valence-electron chi connectivity index (χ1n) is 5.32. The molecule has 1 aliphatic rings. The molecule has 1 fully saturated rings. The van der Waals surface area contributed by atoms with E-state index in [9.17, 15) is 0 Å². The molecule has 0 aliphatic carbocycles. The molecule has 78 valence electrons. The highest BCUT2D eigenvalue weighted by Gasteiger charge is 2.18. The van der Waals surface area contributed by atoms with Gasteiger partial charge in [-0.15, -0.1) is 12.1 Å². The first kappa shape index (κ1) is 11.6.